The third-order valence-electron chi connectivity index (χ3n) is 6.01. The lowest BCUT2D eigenvalue weighted by molar-refractivity contribution is -0.122. The summed E-state index contributed by atoms with van der Waals surface area (Å²) < 4.78 is 5.82. The van der Waals surface area contributed by atoms with Crippen LogP contribution in [0.3, 0.4) is 0 Å². The molecule has 0 saturated carbocycles. The Hall–Kier alpha value is -2.16. The molecule has 3 rings (SSSR count). The molecule has 1 fully saturated rings. The summed E-state index contributed by atoms with van der Waals surface area (Å²) in [6.07, 6.45) is 0.989. The molecule has 0 aliphatic carbocycles. The Morgan fingerprint density at radius 3 is 2.55 bits per heavy atom. The number of thioether (sulfide) groups is 1. The highest BCUT2D eigenvalue weighted by atomic mass is 32.2. The smallest absolute Gasteiger partial charge is 0.254 e. The minimum absolute atomic E-state index is 0.0567. The van der Waals surface area contributed by atoms with E-state index in [1.54, 1.807) is 0 Å². The molecule has 2 atom stereocenters. The zero-order chi connectivity index (χ0) is 24.0. The highest BCUT2D eigenvalue weighted by molar-refractivity contribution is 7.98. The molecule has 8 heteroatoms. The lowest BCUT2D eigenvalue weighted by Gasteiger charge is -2.45. The fraction of sp³-hybridized carbons (Fsp3) is 0.560. The average Bonchev–Trinajstić information content (AvgIpc) is 2.76. The van der Waals surface area contributed by atoms with Crippen LogP contribution >= 0.6 is 11.8 Å². The molecule has 7 nitrogen and oxygen atoms in total. The van der Waals surface area contributed by atoms with Gasteiger partial charge in [0.05, 0.1) is 12.2 Å². The van der Waals surface area contributed by atoms with Crippen molar-refractivity contribution >= 4 is 17.7 Å². The van der Waals surface area contributed by atoms with Crippen LogP contribution in [0.2, 0.25) is 0 Å². The van der Waals surface area contributed by atoms with Crippen molar-refractivity contribution in [3.8, 4) is 0 Å². The molecule has 1 amide bonds. The molecule has 2 N–H and O–H groups in total. The number of hydrogen-bond acceptors (Lipinski definition) is 6. The van der Waals surface area contributed by atoms with Crippen molar-refractivity contribution in [3.05, 3.63) is 57.5 Å². The number of hydrogen-bond donors (Lipinski definition) is 2. The van der Waals surface area contributed by atoms with E-state index >= 15 is 0 Å². The van der Waals surface area contributed by atoms with E-state index in [0.29, 0.717) is 29.4 Å². The molecule has 1 aliphatic rings. The van der Waals surface area contributed by atoms with Gasteiger partial charge in [-0.3, -0.25) is 14.5 Å². The van der Waals surface area contributed by atoms with E-state index in [4.69, 9.17) is 4.74 Å². The quantitative estimate of drug-likeness (QED) is 0.430. The van der Waals surface area contributed by atoms with Crippen molar-refractivity contribution in [2.45, 2.75) is 76.1 Å². The number of aromatic amines is 1. The van der Waals surface area contributed by atoms with Gasteiger partial charge in [-0.15, -0.1) is 0 Å². The molecule has 2 heterocycles. The predicted molar refractivity (Wildman–Crippen MR) is 133 cm³/mol. The minimum Gasteiger partial charge on any atom is -0.373 e. The molecular formula is C25H36N4O3S. The average molecular weight is 473 g/mol. The van der Waals surface area contributed by atoms with Gasteiger partial charge in [0.25, 0.3) is 5.56 Å². The molecule has 1 aliphatic heterocycles. The molecule has 33 heavy (non-hydrogen) atoms. The summed E-state index contributed by atoms with van der Waals surface area (Å²) in [7, 11) is 0. The maximum absolute atomic E-state index is 12.6. The van der Waals surface area contributed by atoms with Crippen LogP contribution in [0.15, 0.2) is 40.3 Å². The van der Waals surface area contributed by atoms with E-state index in [9.17, 15) is 9.59 Å². The van der Waals surface area contributed by atoms with Crippen molar-refractivity contribution in [1.82, 2.24) is 20.2 Å². The van der Waals surface area contributed by atoms with Crippen molar-refractivity contribution < 1.29 is 9.53 Å². The number of aryl methyl sites for hydroxylation is 1. The van der Waals surface area contributed by atoms with Crippen LogP contribution in [-0.2, 0) is 21.7 Å². The maximum Gasteiger partial charge on any atom is 0.254 e. The summed E-state index contributed by atoms with van der Waals surface area (Å²) >= 11 is 1.50. The zero-order valence-electron chi connectivity index (χ0n) is 20.3. The SMILES string of the molecule is Cc1nc(SCc2ccccc2)[nH]c(=O)c1CCC(=O)NCC(C)(C)N1C[C@@H](C)O[C@@H](C)C1. The Bertz CT molecular complexity index is 983. The first-order chi connectivity index (χ1) is 15.6. The lowest BCUT2D eigenvalue weighted by Crippen LogP contribution is -2.58. The van der Waals surface area contributed by atoms with Crippen molar-refractivity contribution in [1.29, 1.82) is 0 Å². The molecule has 1 aromatic carbocycles. The van der Waals surface area contributed by atoms with Crippen LogP contribution < -0.4 is 10.9 Å². The number of H-pyrrole nitrogens is 1. The van der Waals surface area contributed by atoms with Crippen LogP contribution in [0.5, 0.6) is 0 Å². The highest BCUT2D eigenvalue weighted by Gasteiger charge is 2.33. The van der Waals surface area contributed by atoms with Gasteiger partial charge < -0.3 is 15.0 Å². The summed E-state index contributed by atoms with van der Waals surface area (Å²) in [4.78, 5) is 34.9. The third-order valence-corrected chi connectivity index (χ3v) is 6.96. The van der Waals surface area contributed by atoms with Crippen LogP contribution in [0.1, 0.15) is 50.9 Å². The molecular weight excluding hydrogens is 436 g/mol. The van der Waals surface area contributed by atoms with Crippen molar-refractivity contribution in [2.24, 2.45) is 0 Å². The standard InChI is InChI=1S/C25H36N4O3S/c1-17-13-29(14-18(2)32-17)25(4,5)16-26-22(30)12-11-21-19(3)27-24(28-23(21)31)33-15-20-9-7-6-8-10-20/h6-10,17-18H,11-16H2,1-5H3,(H,26,30)(H,27,28,31)/t17-,18+. The van der Waals surface area contributed by atoms with Crippen molar-refractivity contribution in [3.63, 3.8) is 0 Å². The van der Waals surface area contributed by atoms with E-state index in [1.807, 2.05) is 37.3 Å². The van der Waals surface area contributed by atoms with Gasteiger partial charge in [-0.1, -0.05) is 42.1 Å². The molecule has 0 bridgehead atoms. The summed E-state index contributed by atoms with van der Waals surface area (Å²) in [6.45, 7) is 12.5. The fourth-order valence-corrected chi connectivity index (χ4v) is 4.96. The lowest BCUT2D eigenvalue weighted by atomic mass is 10.00. The largest absolute Gasteiger partial charge is 0.373 e. The van der Waals surface area contributed by atoms with Gasteiger partial charge in [0.2, 0.25) is 5.91 Å². The highest BCUT2D eigenvalue weighted by Crippen LogP contribution is 2.21. The van der Waals surface area contributed by atoms with E-state index in [0.717, 1.165) is 18.8 Å². The van der Waals surface area contributed by atoms with E-state index in [1.165, 1.54) is 17.3 Å². The number of ether oxygens (including phenoxy) is 1. The number of carbonyl (C=O) groups is 1. The first-order valence-corrected chi connectivity index (χ1v) is 12.6. The van der Waals surface area contributed by atoms with Crippen molar-refractivity contribution in [2.75, 3.05) is 19.6 Å². The van der Waals surface area contributed by atoms with E-state index < -0.39 is 0 Å². The first kappa shape index (κ1) is 25.5. The van der Waals surface area contributed by atoms with Crippen LogP contribution in [0.4, 0.5) is 0 Å². The third kappa shape index (κ3) is 7.42. The second-order valence-corrected chi connectivity index (χ2v) is 10.4. The first-order valence-electron chi connectivity index (χ1n) is 11.6. The number of rotatable bonds is 9. The fourth-order valence-electron chi connectivity index (χ4n) is 4.10. The second kappa shape index (κ2) is 11.3. The topological polar surface area (TPSA) is 87.3 Å². The maximum atomic E-state index is 12.6. The molecule has 2 aromatic rings. The number of morpholine rings is 1. The number of aromatic nitrogens is 2. The van der Waals surface area contributed by atoms with Gasteiger partial charge in [-0.05, 0) is 46.6 Å². The van der Waals surface area contributed by atoms with E-state index in [-0.39, 0.29) is 35.6 Å². The number of carbonyl (C=O) groups excluding carboxylic acids is 1. The molecule has 0 unspecified atom stereocenters. The number of benzene rings is 1. The second-order valence-electron chi connectivity index (χ2n) is 9.46. The zero-order valence-corrected chi connectivity index (χ0v) is 21.1. The van der Waals surface area contributed by atoms with Crippen LogP contribution in [0, 0.1) is 6.92 Å². The molecule has 1 saturated heterocycles. The Morgan fingerprint density at radius 1 is 1.24 bits per heavy atom. The summed E-state index contributed by atoms with van der Waals surface area (Å²) in [5, 5.41) is 3.65. The van der Waals surface area contributed by atoms with Gasteiger partial charge in [0.1, 0.15) is 0 Å². The van der Waals surface area contributed by atoms with Gasteiger partial charge in [0.15, 0.2) is 5.16 Å². The monoisotopic (exact) mass is 472 g/mol. The van der Waals surface area contributed by atoms with Gasteiger partial charge in [0, 0.05) is 48.6 Å². The summed E-state index contributed by atoms with van der Waals surface area (Å²) in [5.74, 6) is 0.681. The Balaban J connectivity index is 1.50. The predicted octanol–water partition coefficient (Wildman–Crippen LogP) is 3.31. The number of amides is 1. The van der Waals surface area contributed by atoms with Gasteiger partial charge >= 0.3 is 0 Å². The molecule has 1 aromatic heterocycles. The number of nitrogens with zero attached hydrogens (tertiary/aromatic N) is 2. The van der Waals surface area contributed by atoms with Gasteiger partial charge in [-0.2, -0.15) is 0 Å². The summed E-state index contributed by atoms with van der Waals surface area (Å²) in [6, 6.07) is 10.1. The number of nitrogens with one attached hydrogen (secondary N) is 2. The normalized spacial score (nSPS) is 19.4. The van der Waals surface area contributed by atoms with Crippen LogP contribution in [0.25, 0.3) is 0 Å². The Morgan fingerprint density at radius 2 is 1.91 bits per heavy atom. The molecule has 0 radical (unpaired) electrons. The van der Waals surface area contributed by atoms with Gasteiger partial charge in [-0.25, -0.2) is 4.98 Å². The molecule has 180 valence electrons. The van der Waals surface area contributed by atoms with Crippen LogP contribution in [-0.4, -0.2) is 58.2 Å². The van der Waals surface area contributed by atoms with E-state index in [2.05, 4.69) is 47.9 Å². The molecule has 0 spiro atoms. The summed E-state index contributed by atoms with van der Waals surface area (Å²) in [5.41, 5.74) is 2.09. The Kier molecular flexibility index (Phi) is 8.73. The minimum atomic E-state index is -0.172. The Labute approximate surface area is 200 Å².